The smallest absolute Gasteiger partial charge is 0.246 e. The van der Waals surface area contributed by atoms with E-state index in [2.05, 4.69) is 27.3 Å². The number of tetrazole rings is 1. The van der Waals surface area contributed by atoms with Crippen molar-refractivity contribution < 1.29 is 4.79 Å². The van der Waals surface area contributed by atoms with E-state index in [-0.39, 0.29) is 12.5 Å². The van der Waals surface area contributed by atoms with Gasteiger partial charge in [0.1, 0.15) is 6.54 Å². The van der Waals surface area contributed by atoms with Crippen LogP contribution in [0.15, 0.2) is 24.5 Å². The first-order valence-electron chi connectivity index (χ1n) is 7.22. The second-order valence-corrected chi connectivity index (χ2v) is 5.32. The number of hydrogen-bond acceptors (Lipinski definition) is 5. The van der Waals surface area contributed by atoms with Crippen LogP contribution in [0.25, 0.3) is 11.4 Å². The molecule has 1 aliphatic heterocycles. The second kappa shape index (κ2) is 5.99. The summed E-state index contributed by atoms with van der Waals surface area (Å²) >= 11 is 0. The largest absolute Gasteiger partial charge is 0.338 e. The minimum Gasteiger partial charge on any atom is -0.338 e. The Balaban J connectivity index is 1.68. The van der Waals surface area contributed by atoms with Crippen LogP contribution < -0.4 is 0 Å². The van der Waals surface area contributed by atoms with Crippen LogP contribution in [0.5, 0.6) is 0 Å². The minimum absolute atomic E-state index is 0.0531. The average Bonchev–Trinajstić information content (AvgIpc) is 2.97. The fourth-order valence-electron chi connectivity index (χ4n) is 2.60. The van der Waals surface area contributed by atoms with Gasteiger partial charge in [-0.2, -0.15) is 4.80 Å². The van der Waals surface area contributed by atoms with Gasteiger partial charge in [-0.15, -0.1) is 10.2 Å². The van der Waals surface area contributed by atoms with Crippen molar-refractivity contribution in [3.8, 4) is 11.4 Å². The maximum atomic E-state index is 12.3. The highest BCUT2D eigenvalue weighted by Gasteiger charge is 2.23. The first kappa shape index (κ1) is 13.7. The molecule has 110 valence electrons. The van der Waals surface area contributed by atoms with E-state index in [1.54, 1.807) is 12.4 Å². The Morgan fingerprint density at radius 3 is 3.10 bits per heavy atom. The number of piperidine rings is 1. The van der Waals surface area contributed by atoms with E-state index < -0.39 is 0 Å². The zero-order valence-electron chi connectivity index (χ0n) is 12.0. The predicted molar refractivity (Wildman–Crippen MR) is 76.1 cm³/mol. The molecule has 1 fully saturated rings. The van der Waals surface area contributed by atoms with Crippen LogP contribution in [0.2, 0.25) is 0 Å². The molecule has 0 bridgehead atoms. The topological polar surface area (TPSA) is 76.8 Å². The third-order valence-corrected chi connectivity index (χ3v) is 3.77. The van der Waals surface area contributed by atoms with Gasteiger partial charge in [0.15, 0.2) is 0 Å². The van der Waals surface area contributed by atoms with Crippen molar-refractivity contribution in [3.05, 3.63) is 24.5 Å². The Morgan fingerprint density at radius 2 is 2.33 bits per heavy atom. The summed E-state index contributed by atoms with van der Waals surface area (Å²) < 4.78 is 0. The maximum Gasteiger partial charge on any atom is 0.246 e. The number of likely N-dealkylation sites (tertiary alicyclic amines) is 1. The van der Waals surface area contributed by atoms with Gasteiger partial charge in [-0.25, -0.2) is 0 Å². The van der Waals surface area contributed by atoms with Gasteiger partial charge in [0.2, 0.25) is 11.7 Å². The van der Waals surface area contributed by atoms with E-state index in [4.69, 9.17) is 0 Å². The number of hydrogen-bond donors (Lipinski definition) is 0. The van der Waals surface area contributed by atoms with E-state index in [1.165, 1.54) is 11.2 Å². The van der Waals surface area contributed by atoms with Crippen molar-refractivity contribution in [2.45, 2.75) is 38.8 Å². The summed E-state index contributed by atoms with van der Waals surface area (Å²) in [5.41, 5.74) is 0.794. The van der Waals surface area contributed by atoms with Crippen molar-refractivity contribution in [1.82, 2.24) is 30.1 Å². The van der Waals surface area contributed by atoms with Crippen molar-refractivity contribution in [2.75, 3.05) is 6.54 Å². The number of carbonyl (C=O) groups is 1. The molecule has 3 heterocycles. The molecule has 0 unspecified atom stereocenters. The summed E-state index contributed by atoms with van der Waals surface area (Å²) in [6.45, 7) is 3.05. The van der Waals surface area contributed by atoms with Crippen LogP contribution in [0, 0.1) is 0 Å². The van der Waals surface area contributed by atoms with Crippen LogP contribution in [0.1, 0.15) is 26.2 Å². The molecule has 1 atom stereocenters. The highest BCUT2D eigenvalue weighted by Crippen LogP contribution is 2.17. The van der Waals surface area contributed by atoms with Gasteiger partial charge in [-0.05, 0) is 43.5 Å². The molecule has 0 aliphatic carbocycles. The van der Waals surface area contributed by atoms with Gasteiger partial charge in [0, 0.05) is 30.5 Å². The molecule has 1 aliphatic rings. The van der Waals surface area contributed by atoms with Crippen LogP contribution in [0.4, 0.5) is 0 Å². The lowest BCUT2D eigenvalue weighted by Crippen LogP contribution is -2.43. The summed E-state index contributed by atoms with van der Waals surface area (Å²) in [6, 6.07) is 3.98. The van der Waals surface area contributed by atoms with Gasteiger partial charge >= 0.3 is 0 Å². The molecule has 0 saturated carbocycles. The van der Waals surface area contributed by atoms with E-state index in [0.29, 0.717) is 11.9 Å². The van der Waals surface area contributed by atoms with Crippen molar-refractivity contribution >= 4 is 5.91 Å². The van der Waals surface area contributed by atoms with Crippen LogP contribution in [-0.4, -0.2) is 48.6 Å². The first-order chi connectivity index (χ1) is 10.2. The van der Waals surface area contributed by atoms with Crippen LogP contribution in [-0.2, 0) is 11.3 Å². The molecule has 7 nitrogen and oxygen atoms in total. The van der Waals surface area contributed by atoms with Gasteiger partial charge in [-0.3, -0.25) is 9.78 Å². The monoisotopic (exact) mass is 286 g/mol. The summed E-state index contributed by atoms with van der Waals surface area (Å²) in [5, 5.41) is 12.2. The Bertz CT molecular complexity index is 611. The molecule has 3 rings (SSSR count). The standard InChI is InChI=1S/C14H18N6O/c1-11-5-2-3-8-19(11)13(21)10-20-17-14(16-18-20)12-6-4-7-15-9-12/h4,6-7,9,11H,2-3,5,8,10H2,1H3/t11-/m1/s1. The van der Waals surface area contributed by atoms with Gasteiger partial charge < -0.3 is 4.90 Å². The Labute approximate surface area is 123 Å². The number of amides is 1. The molecule has 0 radical (unpaired) electrons. The molecular formula is C14H18N6O. The maximum absolute atomic E-state index is 12.3. The summed E-state index contributed by atoms with van der Waals surface area (Å²) in [7, 11) is 0. The summed E-state index contributed by atoms with van der Waals surface area (Å²) in [6.07, 6.45) is 6.70. The molecule has 1 amide bonds. The first-order valence-corrected chi connectivity index (χ1v) is 7.22. The molecule has 0 aromatic carbocycles. The minimum atomic E-state index is 0.0531. The zero-order chi connectivity index (χ0) is 14.7. The van der Waals surface area contributed by atoms with Crippen molar-refractivity contribution in [2.24, 2.45) is 0 Å². The quantitative estimate of drug-likeness (QED) is 0.845. The number of carbonyl (C=O) groups excluding carboxylic acids is 1. The molecule has 0 spiro atoms. The number of nitrogens with zero attached hydrogens (tertiary/aromatic N) is 6. The Kier molecular flexibility index (Phi) is 3.89. The summed E-state index contributed by atoms with van der Waals surface area (Å²) in [5.74, 6) is 0.542. The Hall–Kier alpha value is -2.31. The predicted octanol–water partition coefficient (Wildman–Crippen LogP) is 1.14. The van der Waals surface area contributed by atoms with E-state index in [0.717, 1.165) is 24.9 Å². The molecule has 21 heavy (non-hydrogen) atoms. The lowest BCUT2D eigenvalue weighted by molar-refractivity contribution is -0.135. The van der Waals surface area contributed by atoms with Crippen LogP contribution in [0.3, 0.4) is 0 Å². The summed E-state index contributed by atoms with van der Waals surface area (Å²) in [4.78, 5) is 19.6. The third-order valence-electron chi connectivity index (χ3n) is 3.77. The SMILES string of the molecule is C[C@@H]1CCCCN1C(=O)Cn1nnc(-c2cccnc2)n1. The fraction of sp³-hybridized carbons (Fsp3) is 0.500. The number of rotatable bonds is 3. The van der Waals surface area contributed by atoms with E-state index in [9.17, 15) is 4.79 Å². The number of aromatic nitrogens is 5. The molecule has 2 aromatic heterocycles. The van der Waals surface area contributed by atoms with Gasteiger partial charge in [-0.1, -0.05) is 0 Å². The highest BCUT2D eigenvalue weighted by molar-refractivity contribution is 5.76. The molecule has 1 saturated heterocycles. The highest BCUT2D eigenvalue weighted by atomic mass is 16.2. The molecule has 2 aromatic rings. The second-order valence-electron chi connectivity index (χ2n) is 5.32. The van der Waals surface area contributed by atoms with Crippen LogP contribution >= 0.6 is 0 Å². The Morgan fingerprint density at radius 1 is 1.43 bits per heavy atom. The molecule has 7 heteroatoms. The van der Waals surface area contributed by atoms with Gasteiger partial charge in [0.25, 0.3) is 0 Å². The zero-order valence-corrected chi connectivity index (χ0v) is 12.0. The third kappa shape index (κ3) is 3.07. The molecule has 0 N–H and O–H groups in total. The normalized spacial score (nSPS) is 18.7. The lowest BCUT2D eigenvalue weighted by Gasteiger charge is -2.33. The van der Waals surface area contributed by atoms with E-state index >= 15 is 0 Å². The van der Waals surface area contributed by atoms with E-state index in [1.807, 2.05) is 17.0 Å². The number of pyridine rings is 1. The average molecular weight is 286 g/mol. The lowest BCUT2D eigenvalue weighted by atomic mass is 10.0. The van der Waals surface area contributed by atoms with Gasteiger partial charge in [0.05, 0.1) is 0 Å². The van der Waals surface area contributed by atoms with Crippen molar-refractivity contribution in [3.63, 3.8) is 0 Å². The fourth-order valence-corrected chi connectivity index (χ4v) is 2.60. The molecular weight excluding hydrogens is 268 g/mol. The van der Waals surface area contributed by atoms with Crippen molar-refractivity contribution in [1.29, 1.82) is 0 Å².